The minimum atomic E-state index is -0.670. The highest BCUT2D eigenvalue weighted by molar-refractivity contribution is 5.75. The highest BCUT2D eigenvalue weighted by Crippen LogP contribution is 2.60. The molecule has 3 atom stereocenters. The second kappa shape index (κ2) is 5.01. The van der Waals surface area contributed by atoms with Crippen LogP contribution in [0.1, 0.15) is 26.2 Å². The molecule has 0 aromatic rings. The number of carbonyl (C=O) groups is 1. The van der Waals surface area contributed by atoms with Gasteiger partial charge in [-0.15, -0.1) is 6.58 Å². The quantitative estimate of drug-likeness (QED) is 0.585. The van der Waals surface area contributed by atoms with Crippen LogP contribution in [-0.2, 0) is 19.0 Å². The van der Waals surface area contributed by atoms with Gasteiger partial charge in [-0.05, 0) is 25.7 Å². The normalized spacial score (nSPS) is 37.2. The van der Waals surface area contributed by atoms with E-state index in [1.54, 1.807) is 0 Å². The lowest BCUT2D eigenvalue weighted by Crippen LogP contribution is -2.61. The summed E-state index contributed by atoms with van der Waals surface area (Å²) in [5.74, 6) is -0.686. The van der Waals surface area contributed by atoms with E-state index in [2.05, 4.69) is 18.7 Å². The molecule has 20 heavy (non-hydrogen) atoms. The average Bonchev–Trinajstić information content (AvgIpc) is 2.89. The number of allylic oxidation sites excluding steroid dienone is 2. The maximum absolute atomic E-state index is 12.4. The minimum Gasteiger partial charge on any atom is -0.466 e. The van der Waals surface area contributed by atoms with Gasteiger partial charge in [-0.2, -0.15) is 0 Å². The van der Waals surface area contributed by atoms with Crippen LogP contribution < -0.4 is 0 Å². The van der Waals surface area contributed by atoms with Gasteiger partial charge in [0.2, 0.25) is 0 Å². The predicted molar refractivity (Wildman–Crippen MR) is 73.9 cm³/mol. The molecule has 0 N–H and O–H groups in total. The molecule has 4 rings (SSSR count). The van der Waals surface area contributed by atoms with Gasteiger partial charge in [0.25, 0.3) is 0 Å². The zero-order valence-corrected chi connectivity index (χ0v) is 12.0. The largest absolute Gasteiger partial charge is 0.466 e. The lowest BCUT2D eigenvalue weighted by Gasteiger charge is -2.56. The molecule has 0 unspecified atom stereocenters. The van der Waals surface area contributed by atoms with Gasteiger partial charge in [0, 0.05) is 6.42 Å². The Balaban J connectivity index is 2.02. The van der Waals surface area contributed by atoms with E-state index in [-0.39, 0.29) is 11.9 Å². The lowest BCUT2D eigenvalue weighted by atomic mass is 9.54. The molecule has 110 valence electrons. The fourth-order valence-electron chi connectivity index (χ4n) is 4.09. The van der Waals surface area contributed by atoms with Gasteiger partial charge < -0.3 is 14.2 Å². The highest BCUT2D eigenvalue weighted by atomic mass is 16.7. The predicted octanol–water partition coefficient (Wildman–Crippen LogP) is 2.45. The summed E-state index contributed by atoms with van der Waals surface area (Å²) in [6, 6.07) is 0. The van der Waals surface area contributed by atoms with Crippen LogP contribution in [0.15, 0.2) is 24.8 Å². The highest BCUT2D eigenvalue weighted by Gasteiger charge is 2.65. The molecule has 3 aliphatic carbocycles. The first-order valence-corrected chi connectivity index (χ1v) is 7.42. The molecule has 1 aliphatic heterocycles. The third-order valence-electron chi connectivity index (χ3n) is 4.87. The standard InChI is InChI=1S/C16H22O4/c1-3-6-15-7-5-12(10-13(15)14(17)18-4-2)11-16(15)19-8-9-20-16/h3,5,7,12-13H,1,4,6,8-11H2,2H3/t12-,13-,15+/m1/s1. The first-order valence-electron chi connectivity index (χ1n) is 7.42. The van der Waals surface area contributed by atoms with Crippen LogP contribution in [0.3, 0.4) is 0 Å². The van der Waals surface area contributed by atoms with Crippen LogP contribution in [0.4, 0.5) is 0 Å². The second-order valence-corrected chi connectivity index (χ2v) is 5.85. The van der Waals surface area contributed by atoms with E-state index in [0.717, 1.165) is 12.8 Å². The number of hydrogen-bond donors (Lipinski definition) is 0. The molecular weight excluding hydrogens is 256 g/mol. The Morgan fingerprint density at radius 1 is 1.50 bits per heavy atom. The van der Waals surface area contributed by atoms with Crippen molar-refractivity contribution in [1.29, 1.82) is 0 Å². The van der Waals surface area contributed by atoms with Crippen molar-refractivity contribution in [2.24, 2.45) is 17.3 Å². The first-order chi connectivity index (χ1) is 9.67. The summed E-state index contributed by atoms with van der Waals surface area (Å²) in [4.78, 5) is 12.4. The Labute approximate surface area is 119 Å². The number of hydrogen-bond acceptors (Lipinski definition) is 4. The van der Waals surface area contributed by atoms with Gasteiger partial charge in [-0.1, -0.05) is 18.2 Å². The molecule has 2 bridgehead atoms. The summed E-state index contributed by atoms with van der Waals surface area (Å²) in [5.41, 5.74) is -0.466. The summed E-state index contributed by atoms with van der Waals surface area (Å²) in [6.07, 6.45) is 8.49. The topological polar surface area (TPSA) is 44.8 Å². The number of fused-ring (bicyclic) bond motifs is 1. The molecule has 0 amide bonds. The molecule has 0 aromatic heterocycles. The van der Waals surface area contributed by atoms with Crippen molar-refractivity contribution in [1.82, 2.24) is 0 Å². The van der Waals surface area contributed by atoms with Crippen LogP contribution in [0.25, 0.3) is 0 Å². The van der Waals surface area contributed by atoms with E-state index in [1.165, 1.54) is 0 Å². The van der Waals surface area contributed by atoms with Gasteiger partial charge in [-0.3, -0.25) is 4.79 Å². The van der Waals surface area contributed by atoms with Crippen molar-refractivity contribution >= 4 is 5.97 Å². The Hall–Kier alpha value is -1.13. The number of carbonyl (C=O) groups excluding carboxylic acids is 1. The molecule has 4 nitrogen and oxygen atoms in total. The summed E-state index contributed by atoms with van der Waals surface area (Å²) in [6.45, 7) is 7.29. The molecule has 0 radical (unpaired) electrons. The maximum Gasteiger partial charge on any atom is 0.310 e. The fraction of sp³-hybridized carbons (Fsp3) is 0.688. The summed E-state index contributed by atoms with van der Waals surface area (Å²) in [7, 11) is 0. The van der Waals surface area contributed by atoms with Crippen molar-refractivity contribution in [3.8, 4) is 0 Å². The number of rotatable bonds is 4. The van der Waals surface area contributed by atoms with Gasteiger partial charge in [0.05, 0.1) is 31.2 Å². The van der Waals surface area contributed by atoms with Gasteiger partial charge >= 0.3 is 5.97 Å². The van der Waals surface area contributed by atoms with Crippen molar-refractivity contribution in [3.05, 3.63) is 24.8 Å². The Kier molecular flexibility index (Phi) is 3.46. The zero-order chi connectivity index (χ0) is 14.2. The summed E-state index contributed by atoms with van der Waals surface area (Å²) in [5, 5.41) is 0. The van der Waals surface area contributed by atoms with Crippen LogP contribution in [0.2, 0.25) is 0 Å². The smallest absolute Gasteiger partial charge is 0.310 e. The first kappa shape index (κ1) is 13.8. The zero-order valence-electron chi connectivity index (χ0n) is 12.0. The molecule has 0 aromatic carbocycles. The van der Waals surface area contributed by atoms with Crippen molar-refractivity contribution in [2.45, 2.75) is 32.0 Å². The van der Waals surface area contributed by atoms with Gasteiger partial charge in [-0.25, -0.2) is 0 Å². The third-order valence-corrected chi connectivity index (χ3v) is 4.87. The molecule has 2 fully saturated rings. The van der Waals surface area contributed by atoms with E-state index in [1.807, 2.05) is 13.0 Å². The van der Waals surface area contributed by atoms with Gasteiger partial charge in [0.1, 0.15) is 0 Å². The van der Waals surface area contributed by atoms with E-state index in [9.17, 15) is 4.79 Å². The van der Waals surface area contributed by atoms with Crippen LogP contribution >= 0.6 is 0 Å². The Bertz CT molecular complexity index is 436. The van der Waals surface area contributed by atoms with E-state index < -0.39 is 11.2 Å². The fourth-order valence-corrected chi connectivity index (χ4v) is 4.09. The van der Waals surface area contributed by atoms with Crippen LogP contribution in [-0.4, -0.2) is 31.6 Å². The third kappa shape index (κ3) is 1.78. The molecule has 4 aliphatic rings. The second-order valence-electron chi connectivity index (χ2n) is 5.85. The molecular formula is C16H22O4. The SMILES string of the molecule is C=CC[C@]12C=C[C@H](C[C@@H]1C(=O)OCC)CC21OCCO1. The summed E-state index contributed by atoms with van der Waals surface area (Å²) < 4.78 is 17.3. The van der Waals surface area contributed by atoms with Crippen LogP contribution in [0, 0.1) is 17.3 Å². The van der Waals surface area contributed by atoms with Gasteiger partial charge in [0.15, 0.2) is 5.79 Å². The van der Waals surface area contributed by atoms with E-state index in [4.69, 9.17) is 14.2 Å². The van der Waals surface area contributed by atoms with E-state index in [0.29, 0.717) is 32.2 Å². The molecule has 1 spiro atoms. The molecule has 1 saturated heterocycles. The van der Waals surface area contributed by atoms with Crippen molar-refractivity contribution in [2.75, 3.05) is 19.8 Å². The molecule has 1 heterocycles. The maximum atomic E-state index is 12.4. The Morgan fingerprint density at radius 3 is 2.90 bits per heavy atom. The number of ether oxygens (including phenoxy) is 3. The summed E-state index contributed by atoms with van der Waals surface area (Å²) >= 11 is 0. The minimum absolute atomic E-state index is 0.137. The average molecular weight is 278 g/mol. The lowest BCUT2D eigenvalue weighted by molar-refractivity contribution is -0.268. The number of esters is 1. The monoisotopic (exact) mass is 278 g/mol. The van der Waals surface area contributed by atoms with Crippen LogP contribution in [0.5, 0.6) is 0 Å². The molecule has 4 heteroatoms. The van der Waals surface area contributed by atoms with E-state index >= 15 is 0 Å². The van der Waals surface area contributed by atoms with Crippen molar-refractivity contribution < 1.29 is 19.0 Å². The molecule has 1 saturated carbocycles. The Morgan fingerprint density at radius 2 is 2.25 bits per heavy atom. The van der Waals surface area contributed by atoms with Crippen molar-refractivity contribution in [3.63, 3.8) is 0 Å².